The number of allylic oxidation sites excluding steroid dienone is 1. The SMILES string of the molecule is CC1=CC(C(=O)O)CC(C)=N1. The lowest BCUT2D eigenvalue weighted by Crippen LogP contribution is -2.17. The lowest BCUT2D eigenvalue weighted by atomic mass is 9.99. The third-order valence-corrected chi connectivity index (χ3v) is 1.64. The van der Waals surface area contributed by atoms with Gasteiger partial charge in [-0.3, -0.25) is 9.79 Å². The van der Waals surface area contributed by atoms with Gasteiger partial charge < -0.3 is 5.11 Å². The van der Waals surface area contributed by atoms with Crippen molar-refractivity contribution in [3.8, 4) is 0 Å². The van der Waals surface area contributed by atoms with Gasteiger partial charge in [0.1, 0.15) is 0 Å². The second kappa shape index (κ2) is 2.86. The Morgan fingerprint density at radius 2 is 2.36 bits per heavy atom. The average Bonchev–Trinajstić information content (AvgIpc) is 1.85. The van der Waals surface area contributed by atoms with Gasteiger partial charge in [-0.2, -0.15) is 0 Å². The van der Waals surface area contributed by atoms with E-state index < -0.39 is 5.97 Å². The minimum absolute atomic E-state index is 0.368. The summed E-state index contributed by atoms with van der Waals surface area (Å²) in [6.07, 6.45) is 2.24. The summed E-state index contributed by atoms with van der Waals surface area (Å²) < 4.78 is 0. The predicted octanol–water partition coefficient (Wildman–Crippen LogP) is 1.46. The third-order valence-electron chi connectivity index (χ3n) is 1.64. The summed E-state index contributed by atoms with van der Waals surface area (Å²) in [4.78, 5) is 14.7. The van der Waals surface area contributed by atoms with Crippen LogP contribution in [0.2, 0.25) is 0 Å². The van der Waals surface area contributed by atoms with Crippen LogP contribution in [0.3, 0.4) is 0 Å². The van der Waals surface area contributed by atoms with Crippen LogP contribution in [0.25, 0.3) is 0 Å². The molecule has 1 aliphatic rings. The van der Waals surface area contributed by atoms with E-state index in [-0.39, 0.29) is 5.92 Å². The molecule has 0 amide bonds. The molecule has 0 radical (unpaired) electrons. The molecular weight excluding hydrogens is 142 g/mol. The largest absolute Gasteiger partial charge is 0.481 e. The number of aliphatic imine (C=N–C) groups is 1. The number of nitrogens with zero attached hydrogens (tertiary/aromatic N) is 1. The molecule has 3 nitrogen and oxygen atoms in total. The minimum atomic E-state index is -0.765. The molecule has 1 N–H and O–H groups in total. The van der Waals surface area contributed by atoms with Crippen LogP contribution in [-0.2, 0) is 4.79 Å². The number of hydrogen-bond acceptors (Lipinski definition) is 2. The topological polar surface area (TPSA) is 49.7 Å². The van der Waals surface area contributed by atoms with Gasteiger partial charge in [-0.05, 0) is 19.9 Å². The van der Waals surface area contributed by atoms with E-state index in [1.165, 1.54) is 0 Å². The van der Waals surface area contributed by atoms with Gasteiger partial charge >= 0.3 is 5.97 Å². The van der Waals surface area contributed by atoms with Crippen LogP contribution in [0, 0.1) is 5.92 Å². The molecule has 0 aromatic heterocycles. The number of hydrogen-bond donors (Lipinski definition) is 1. The summed E-state index contributed by atoms with van der Waals surface area (Å²) in [7, 11) is 0. The first-order valence-electron chi connectivity index (χ1n) is 3.55. The van der Waals surface area contributed by atoms with Crippen LogP contribution in [0.5, 0.6) is 0 Å². The summed E-state index contributed by atoms with van der Waals surface area (Å²) in [5.41, 5.74) is 1.71. The highest BCUT2D eigenvalue weighted by molar-refractivity contribution is 5.89. The number of carbonyl (C=O) groups is 1. The standard InChI is InChI=1S/C8H11NO2/c1-5-3-7(8(10)11)4-6(2)9-5/h3,7H,4H2,1-2H3,(H,10,11). The van der Waals surface area contributed by atoms with Crippen LogP contribution in [0.15, 0.2) is 16.8 Å². The lowest BCUT2D eigenvalue weighted by molar-refractivity contribution is -0.139. The smallest absolute Gasteiger partial charge is 0.310 e. The molecule has 1 unspecified atom stereocenters. The normalized spacial score (nSPS) is 24.0. The first-order chi connectivity index (χ1) is 5.09. The molecule has 1 heterocycles. The maximum Gasteiger partial charge on any atom is 0.310 e. The van der Waals surface area contributed by atoms with Crippen molar-refractivity contribution in [2.24, 2.45) is 10.9 Å². The monoisotopic (exact) mass is 153 g/mol. The summed E-state index contributed by atoms with van der Waals surface area (Å²) in [6, 6.07) is 0. The van der Waals surface area contributed by atoms with E-state index in [0.29, 0.717) is 6.42 Å². The van der Waals surface area contributed by atoms with Gasteiger partial charge in [-0.1, -0.05) is 0 Å². The summed E-state index contributed by atoms with van der Waals surface area (Å²) in [5.74, 6) is -1.13. The molecule has 0 fully saturated rings. The third kappa shape index (κ3) is 1.90. The Kier molecular flexibility index (Phi) is 2.08. The van der Waals surface area contributed by atoms with Crippen LogP contribution in [0.4, 0.5) is 0 Å². The summed E-state index contributed by atoms with van der Waals surface area (Å²) in [5, 5.41) is 8.67. The zero-order chi connectivity index (χ0) is 8.43. The van der Waals surface area contributed by atoms with E-state index in [1.54, 1.807) is 6.08 Å². The zero-order valence-corrected chi connectivity index (χ0v) is 6.66. The van der Waals surface area contributed by atoms with E-state index in [4.69, 9.17) is 5.11 Å². The molecule has 0 spiro atoms. The molecule has 0 aliphatic carbocycles. The molecule has 1 aliphatic heterocycles. The second-order valence-electron chi connectivity index (χ2n) is 2.80. The molecule has 0 bridgehead atoms. The van der Waals surface area contributed by atoms with E-state index in [2.05, 4.69) is 4.99 Å². The Labute approximate surface area is 65.4 Å². The summed E-state index contributed by atoms with van der Waals surface area (Å²) >= 11 is 0. The van der Waals surface area contributed by atoms with Gasteiger partial charge in [0.15, 0.2) is 0 Å². The van der Waals surface area contributed by atoms with E-state index in [0.717, 1.165) is 11.4 Å². The fourth-order valence-corrected chi connectivity index (χ4v) is 1.21. The Morgan fingerprint density at radius 3 is 2.82 bits per heavy atom. The maximum atomic E-state index is 10.5. The van der Waals surface area contributed by atoms with E-state index in [1.807, 2.05) is 13.8 Å². The van der Waals surface area contributed by atoms with Crippen molar-refractivity contribution in [1.82, 2.24) is 0 Å². The second-order valence-corrected chi connectivity index (χ2v) is 2.80. The maximum absolute atomic E-state index is 10.5. The van der Waals surface area contributed by atoms with Crippen LogP contribution < -0.4 is 0 Å². The Hall–Kier alpha value is -1.12. The molecule has 0 aromatic rings. The lowest BCUT2D eigenvalue weighted by Gasteiger charge is -2.12. The van der Waals surface area contributed by atoms with Crippen molar-refractivity contribution in [3.63, 3.8) is 0 Å². The quantitative estimate of drug-likeness (QED) is 0.619. The van der Waals surface area contributed by atoms with Crippen molar-refractivity contribution < 1.29 is 9.90 Å². The molecule has 11 heavy (non-hydrogen) atoms. The van der Waals surface area contributed by atoms with Crippen molar-refractivity contribution >= 4 is 11.7 Å². The van der Waals surface area contributed by atoms with Crippen LogP contribution in [-0.4, -0.2) is 16.8 Å². The number of aliphatic carboxylic acids is 1. The molecule has 0 saturated heterocycles. The van der Waals surface area contributed by atoms with Gasteiger partial charge in [0.05, 0.1) is 5.92 Å². The van der Waals surface area contributed by atoms with E-state index >= 15 is 0 Å². The average molecular weight is 153 g/mol. The molecule has 0 saturated carbocycles. The van der Waals surface area contributed by atoms with Gasteiger partial charge in [-0.25, -0.2) is 0 Å². The minimum Gasteiger partial charge on any atom is -0.481 e. The summed E-state index contributed by atoms with van der Waals surface area (Å²) in [6.45, 7) is 3.67. The highest BCUT2D eigenvalue weighted by atomic mass is 16.4. The van der Waals surface area contributed by atoms with E-state index in [9.17, 15) is 4.79 Å². The van der Waals surface area contributed by atoms with Crippen molar-refractivity contribution in [2.45, 2.75) is 20.3 Å². The Balaban J connectivity index is 2.79. The number of carboxylic acid groups (broad SMARTS) is 1. The van der Waals surface area contributed by atoms with Crippen LogP contribution >= 0.6 is 0 Å². The number of rotatable bonds is 1. The van der Waals surface area contributed by atoms with Crippen molar-refractivity contribution in [2.75, 3.05) is 0 Å². The molecular formula is C8H11NO2. The fourth-order valence-electron chi connectivity index (χ4n) is 1.21. The van der Waals surface area contributed by atoms with Crippen LogP contribution in [0.1, 0.15) is 20.3 Å². The Bertz CT molecular complexity index is 240. The Morgan fingerprint density at radius 1 is 1.73 bits per heavy atom. The molecule has 0 aromatic carbocycles. The zero-order valence-electron chi connectivity index (χ0n) is 6.66. The first-order valence-corrected chi connectivity index (χ1v) is 3.55. The highest BCUT2D eigenvalue weighted by Crippen LogP contribution is 2.16. The molecule has 3 heteroatoms. The van der Waals surface area contributed by atoms with Gasteiger partial charge in [0, 0.05) is 17.8 Å². The highest BCUT2D eigenvalue weighted by Gasteiger charge is 2.18. The molecule has 1 atom stereocenters. The van der Waals surface area contributed by atoms with Gasteiger partial charge in [0.25, 0.3) is 0 Å². The van der Waals surface area contributed by atoms with Crippen molar-refractivity contribution in [3.05, 3.63) is 11.8 Å². The fraction of sp³-hybridized carbons (Fsp3) is 0.500. The predicted molar refractivity (Wildman–Crippen MR) is 42.6 cm³/mol. The molecule has 60 valence electrons. The van der Waals surface area contributed by atoms with Gasteiger partial charge in [0.2, 0.25) is 0 Å². The van der Waals surface area contributed by atoms with Gasteiger partial charge in [-0.15, -0.1) is 0 Å². The first kappa shape index (κ1) is 7.98. The van der Waals surface area contributed by atoms with Crippen molar-refractivity contribution in [1.29, 1.82) is 0 Å². The molecule has 1 rings (SSSR count). The number of carboxylic acids is 1.